The zero-order chi connectivity index (χ0) is 23.2. The molecule has 1 aromatic carbocycles. The fraction of sp³-hybridized carbons (Fsp3) is 0.409. The number of aliphatic imine (C=N–C) groups is 1. The molecule has 3 aromatic rings. The topological polar surface area (TPSA) is 131 Å². The first-order valence-corrected chi connectivity index (χ1v) is 12.7. The highest BCUT2D eigenvalue weighted by molar-refractivity contribution is 7.89. The maximum Gasteiger partial charge on any atom is 0.238 e. The molecule has 10 nitrogen and oxygen atoms in total. The lowest BCUT2D eigenvalue weighted by molar-refractivity contribution is 0.270. The molecule has 0 amide bonds. The number of sulfonamides is 1. The summed E-state index contributed by atoms with van der Waals surface area (Å²) in [6, 6.07) is 8.34. The van der Waals surface area contributed by atoms with Crippen molar-refractivity contribution in [3.63, 3.8) is 0 Å². The lowest BCUT2D eigenvalue weighted by Crippen LogP contribution is -2.60. The highest BCUT2D eigenvalue weighted by Crippen LogP contribution is 2.44. The van der Waals surface area contributed by atoms with E-state index in [2.05, 4.69) is 43.3 Å². The van der Waals surface area contributed by atoms with Gasteiger partial charge in [0, 0.05) is 30.9 Å². The molecule has 33 heavy (non-hydrogen) atoms. The zero-order valence-corrected chi connectivity index (χ0v) is 19.6. The molecule has 1 aliphatic carbocycles. The van der Waals surface area contributed by atoms with Gasteiger partial charge in [-0.2, -0.15) is 4.98 Å². The number of rotatable bonds is 4. The van der Waals surface area contributed by atoms with Gasteiger partial charge in [0.05, 0.1) is 4.90 Å². The van der Waals surface area contributed by atoms with Crippen LogP contribution in [-0.4, -0.2) is 42.4 Å². The molecule has 5 rings (SSSR count). The number of nitrogens with two attached hydrogens (primary N) is 1. The van der Waals surface area contributed by atoms with E-state index in [0.29, 0.717) is 11.6 Å². The van der Waals surface area contributed by atoms with E-state index in [1.807, 2.05) is 13.2 Å². The van der Waals surface area contributed by atoms with Crippen LogP contribution in [0.3, 0.4) is 0 Å². The number of nitrogens with zero attached hydrogens (tertiary/aromatic N) is 5. The molecule has 0 saturated heterocycles. The maximum atomic E-state index is 11.5. The number of primary sulfonamides is 1. The average Bonchev–Trinajstić information content (AvgIpc) is 3.20. The Labute approximate surface area is 192 Å². The summed E-state index contributed by atoms with van der Waals surface area (Å²) in [7, 11) is -1.90. The van der Waals surface area contributed by atoms with Crippen LogP contribution in [0.15, 0.2) is 46.4 Å². The van der Waals surface area contributed by atoms with E-state index in [0.717, 1.165) is 54.9 Å². The molecule has 0 unspecified atom stereocenters. The minimum Gasteiger partial charge on any atom is -0.324 e. The van der Waals surface area contributed by atoms with Crippen molar-refractivity contribution in [2.75, 3.05) is 23.9 Å². The first-order valence-electron chi connectivity index (χ1n) is 11.2. The van der Waals surface area contributed by atoms with E-state index in [-0.39, 0.29) is 10.4 Å². The van der Waals surface area contributed by atoms with Gasteiger partial charge in [-0.15, -0.1) is 0 Å². The molecule has 1 fully saturated rings. The van der Waals surface area contributed by atoms with E-state index in [4.69, 9.17) is 10.1 Å². The van der Waals surface area contributed by atoms with Gasteiger partial charge in [0.25, 0.3) is 0 Å². The molecule has 0 atom stereocenters. The van der Waals surface area contributed by atoms with Gasteiger partial charge in [-0.1, -0.05) is 19.3 Å². The molecular formula is C22H28N8O2S. The summed E-state index contributed by atoms with van der Waals surface area (Å²) in [4.78, 5) is 14.1. The number of fused-ring (bicyclic) bond motifs is 4. The van der Waals surface area contributed by atoms with Crippen molar-refractivity contribution in [3.8, 4) is 0 Å². The number of anilines is 3. The first-order chi connectivity index (χ1) is 15.9. The number of amidine groups is 1. The monoisotopic (exact) mass is 468 g/mol. The fourth-order valence-electron chi connectivity index (χ4n) is 5.00. The second-order valence-electron chi connectivity index (χ2n) is 8.53. The third-order valence-corrected chi connectivity index (χ3v) is 7.50. The second kappa shape index (κ2) is 7.99. The Morgan fingerprint density at radius 3 is 2.58 bits per heavy atom. The van der Waals surface area contributed by atoms with Crippen molar-refractivity contribution in [2.45, 2.75) is 49.5 Å². The smallest absolute Gasteiger partial charge is 0.238 e. The molecule has 3 heterocycles. The lowest BCUT2D eigenvalue weighted by atomic mass is 9.79. The second-order valence-corrected chi connectivity index (χ2v) is 10.1. The summed E-state index contributed by atoms with van der Waals surface area (Å²) in [6.07, 6.45) is 7.32. The lowest BCUT2D eigenvalue weighted by Gasteiger charge is -2.47. The maximum absolute atomic E-state index is 11.5. The van der Waals surface area contributed by atoms with Crippen LogP contribution in [0.25, 0.3) is 11.0 Å². The van der Waals surface area contributed by atoms with Crippen molar-refractivity contribution >= 4 is 44.3 Å². The highest BCUT2D eigenvalue weighted by atomic mass is 32.2. The molecule has 1 saturated carbocycles. The van der Waals surface area contributed by atoms with Crippen LogP contribution in [0.1, 0.15) is 39.0 Å². The largest absolute Gasteiger partial charge is 0.324 e. The van der Waals surface area contributed by atoms with E-state index in [1.165, 1.54) is 18.6 Å². The summed E-state index contributed by atoms with van der Waals surface area (Å²) < 4.78 is 25.4. The molecule has 0 radical (unpaired) electrons. The minimum absolute atomic E-state index is 0.0582. The molecule has 11 heteroatoms. The number of nitrogens with one attached hydrogen (secondary N) is 2. The molecule has 2 aromatic heterocycles. The van der Waals surface area contributed by atoms with Crippen molar-refractivity contribution in [2.24, 2.45) is 10.1 Å². The predicted molar refractivity (Wildman–Crippen MR) is 129 cm³/mol. The van der Waals surface area contributed by atoms with Crippen LogP contribution < -0.4 is 20.9 Å². The number of hydrogen-bond donors (Lipinski definition) is 3. The van der Waals surface area contributed by atoms with E-state index < -0.39 is 10.0 Å². The molecule has 1 spiro atoms. The first kappa shape index (κ1) is 21.7. The van der Waals surface area contributed by atoms with Crippen LogP contribution in [0.2, 0.25) is 0 Å². The molecule has 2 aliphatic rings. The summed E-state index contributed by atoms with van der Waals surface area (Å²) in [6.45, 7) is 2.88. The Kier molecular flexibility index (Phi) is 5.25. The van der Waals surface area contributed by atoms with Crippen LogP contribution in [-0.2, 0) is 15.6 Å². The quantitative estimate of drug-likeness (QED) is 0.537. The van der Waals surface area contributed by atoms with Gasteiger partial charge >= 0.3 is 0 Å². The van der Waals surface area contributed by atoms with Crippen LogP contribution in [0.4, 0.5) is 17.5 Å². The van der Waals surface area contributed by atoms with Gasteiger partial charge in [0.2, 0.25) is 16.0 Å². The van der Waals surface area contributed by atoms with Gasteiger partial charge in [0.1, 0.15) is 22.8 Å². The number of hydrogen-bond acceptors (Lipinski definition) is 7. The molecule has 0 bridgehead atoms. The molecule has 174 valence electrons. The van der Waals surface area contributed by atoms with Crippen molar-refractivity contribution in [1.29, 1.82) is 0 Å². The normalized spacial score (nSPS) is 19.0. The Morgan fingerprint density at radius 1 is 1.21 bits per heavy atom. The highest BCUT2D eigenvalue weighted by Gasteiger charge is 2.45. The molecule has 1 aliphatic heterocycles. The van der Waals surface area contributed by atoms with Gasteiger partial charge in [-0.25, -0.2) is 18.5 Å². The zero-order valence-electron chi connectivity index (χ0n) is 18.7. The fourth-order valence-corrected chi connectivity index (χ4v) is 5.52. The van der Waals surface area contributed by atoms with Crippen LogP contribution in [0.5, 0.6) is 0 Å². The molecule has 4 N–H and O–H groups in total. The van der Waals surface area contributed by atoms with Crippen LogP contribution >= 0.6 is 0 Å². The van der Waals surface area contributed by atoms with E-state index >= 15 is 0 Å². The SMILES string of the molecule is CCN1NC(=NC)C2(CCCCC2)n2c1cc1cnc(Nc3ccc(S(N)(=O)=O)cc3)nc12. The summed E-state index contributed by atoms with van der Waals surface area (Å²) in [5, 5.41) is 11.4. The third-order valence-electron chi connectivity index (χ3n) is 6.57. The Balaban J connectivity index is 1.60. The van der Waals surface area contributed by atoms with Gasteiger partial charge < -0.3 is 5.32 Å². The average molecular weight is 469 g/mol. The predicted octanol–water partition coefficient (Wildman–Crippen LogP) is 2.85. The summed E-state index contributed by atoms with van der Waals surface area (Å²) >= 11 is 0. The number of aromatic nitrogens is 3. The number of hydrazine groups is 1. The number of benzene rings is 1. The summed E-state index contributed by atoms with van der Waals surface area (Å²) in [5.41, 5.74) is 4.82. The van der Waals surface area contributed by atoms with Gasteiger partial charge in [-0.05, 0) is 50.1 Å². The Hall–Kier alpha value is -3.18. The minimum atomic E-state index is -3.74. The standard InChI is InChI=1S/C22H28N8O2S/c1-3-29-18-13-15-14-25-21(26-16-7-9-17(10-8-16)33(23,31)32)27-19(15)30(18)22(20(24-2)28-29)11-5-4-6-12-22/h7-10,13-14H,3-6,11-12H2,1-2H3,(H,24,28)(H2,23,31,32)(H,25,26,27). The van der Waals surface area contributed by atoms with E-state index in [9.17, 15) is 8.42 Å². The Bertz CT molecular complexity index is 1320. The Morgan fingerprint density at radius 2 is 1.94 bits per heavy atom. The van der Waals surface area contributed by atoms with Crippen molar-refractivity contribution in [3.05, 3.63) is 36.5 Å². The third kappa shape index (κ3) is 3.61. The summed E-state index contributed by atoms with van der Waals surface area (Å²) in [5.74, 6) is 2.47. The van der Waals surface area contributed by atoms with Crippen LogP contribution in [0, 0.1) is 0 Å². The van der Waals surface area contributed by atoms with E-state index in [1.54, 1.807) is 12.1 Å². The molecular weight excluding hydrogens is 440 g/mol. The van der Waals surface area contributed by atoms with Crippen molar-refractivity contribution < 1.29 is 8.42 Å². The van der Waals surface area contributed by atoms with Crippen molar-refractivity contribution in [1.82, 2.24) is 20.0 Å². The van der Waals surface area contributed by atoms with Gasteiger partial charge in [-0.3, -0.25) is 20.0 Å². The van der Waals surface area contributed by atoms with Gasteiger partial charge in [0.15, 0.2) is 0 Å².